The molecule has 3 rings (SSSR count). The molecule has 0 unspecified atom stereocenters. The summed E-state index contributed by atoms with van der Waals surface area (Å²) in [7, 11) is 0. The van der Waals surface area contributed by atoms with Crippen LogP contribution in [-0.4, -0.2) is 16.6 Å². The number of benzene rings is 3. The number of hydrogen-bond acceptors (Lipinski definition) is 5. The third-order valence-electron chi connectivity index (χ3n) is 4.51. The Morgan fingerprint density at radius 3 is 2.43 bits per heavy atom. The number of rotatable bonds is 6. The first-order valence-electron chi connectivity index (χ1n) is 9.18. The number of aryl methyl sites for hydroxylation is 2. The van der Waals surface area contributed by atoms with Crippen LogP contribution in [0.5, 0.6) is 0 Å². The second-order valence-corrected chi connectivity index (χ2v) is 6.85. The second kappa shape index (κ2) is 9.09. The van der Waals surface area contributed by atoms with E-state index in [1.165, 1.54) is 30.3 Å². The van der Waals surface area contributed by atoms with Crippen molar-refractivity contribution in [3.8, 4) is 0 Å². The molecule has 0 bridgehead atoms. The van der Waals surface area contributed by atoms with Crippen LogP contribution in [0.2, 0.25) is 0 Å². The number of hydrogen-bond donors (Lipinski definition) is 0. The monoisotopic (exact) mass is 406 g/mol. The zero-order valence-electron chi connectivity index (χ0n) is 16.5. The van der Waals surface area contributed by atoms with Gasteiger partial charge < -0.3 is 4.84 Å². The largest absolute Gasteiger partial charge is 0.365 e. The standard InChI is InChI=1S/C23H19FN2O4/c1-15-6-11-21(16(2)12-15)22(13-17-7-9-20(10-8-17)26(28)29)25-30-23(27)18-4-3-5-19(24)14-18/h3-12,14H,13H2,1-2H3/b25-22+. The van der Waals surface area contributed by atoms with E-state index in [2.05, 4.69) is 5.16 Å². The predicted octanol–water partition coefficient (Wildman–Crippen LogP) is 5.15. The van der Waals surface area contributed by atoms with Crippen LogP contribution in [0, 0.1) is 29.8 Å². The normalized spacial score (nSPS) is 11.2. The van der Waals surface area contributed by atoms with Gasteiger partial charge in [-0.3, -0.25) is 10.1 Å². The lowest BCUT2D eigenvalue weighted by Gasteiger charge is -2.11. The topological polar surface area (TPSA) is 81.8 Å². The van der Waals surface area contributed by atoms with E-state index in [1.54, 1.807) is 12.1 Å². The summed E-state index contributed by atoms with van der Waals surface area (Å²) in [5.41, 5.74) is 4.08. The quantitative estimate of drug-likeness (QED) is 0.245. The maximum Gasteiger partial charge on any atom is 0.365 e. The molecule has 0 fully saturated rings. The third kappa shape index (κ3) is 5.14. The van der Waals surface area contributed by atoms with E-state index in [4.69, 9.17) is 4.84 Å². The Balaban J connectivity index is 1.91. The molecule has 0 aliphatic carbocycles. The first-order valence-corrected chi connectivity index (χ1v) is 9.18. The Bertz CT molecular complexity index is 1120. The molecule has 0 N–H and O–H groups in total. The van der Waals surface area contributed by atoms with Crippen molar-refractivity contribution in [1.82, 2.24) is 0 Å². The summed E-state index contributed by atoms with van der Waals surface area (Å²) in [6.45, 7) is 3.88. The highest BCUT2D eigenvalue weighted by molar-refractivity contribution is 6.03. The van der Waals surface area contributed by atoms with Crippen molar-refractivity contribution in [2.75, 3.05) is 0 Å². The van der Waals surface area contributed by atoms with Gasteiger partial charge in [-0.05, 0) is 43.2 Å². The summed E-state index contributed by atoms with van der Waals surface area (Å²) in [5.74, 6) is -1.32. The Labute approximate surface area is 172 Å². The molecule has 0 spiro atoms. The first-order chi connectivity index (χ1) is 14.3. The second-order valence-electron chi connectivity index (χ2n) is 6.85. The number of halogens is 1. The van der Waals surface area contributed by atoms with Crippen molar-refractivity contribution in [2.24, 2.45) is 5.16 Å². The lowest BCUT2D eigenvalue weighted by molar-refractivity contribution is -0.384. The van der Waals surface area contributed by atoms with Crippen LogP contribution in [0.1, 0.15) is 32.6 Å². The summed E-state index contributed by atoms with van der Waals surface area (Å²) in [6, 6.07) is 17.0. The van der Waals surface area contributed by atoms with Crippen molar-refractivity contribution in [2.45, 2.75) is 20.3 Å². The van der Waals surface area contributed by atoms with Crippen LogP contribution in [-0.2, 0) is 11.3 Å². The fourth-order valence-corrected chi connectivity index (χ4v) is 3.01. The molecule has 0 aliphatic heterocycles. The summed E-state index contributed by atoms with van der Waals surface area (Å²) in [4.78, 5) is 27.8. The number of carbonyl (C=O) groups excluding carboxylic acids is 1. The average molecular weight is 406 g/mol. The highest BCUT2D eigenvalue weighted by Crippen LogP contribution is 2.18. The Morgan fingerprint density at radius 2 is 1.80 bits per heavy atom. The minimum Gasteiger partial charge on any atom is -0.313 e. The van der Waals surface area contributed by atoms with Crippen molar-refractivity contribution < 1.29 is 18.9 Å². The van der Waals surface area contributed by atoms with Gasteiger partial charge in [0.15, 0.2) is 0 Å². The molecule has 7 heteroatoms. The SMILES string of the molecule is Cc1ccc(/C(Cc2ccc([N+](=O)[O-])cc2)=N/OC(=O)c2cccc(F)c2)c(C)c1. The van der Waals surface area contributed by atoms with E-state index in [1.807, 2.05) is 32.0 Å². The Morgan fingerprint density at radius 1 is 1.07 bits per heavy atom. The third-order valence-corrected chi connectivity index (χ3v) is 4.51. The maximum absolute atomic E-state index is 13.4. The van der Waals surface area contributed by atoms with Gasteiger partial charge >= 0.3 is 5.97 Å². The molecular weight excluding hydrogens is 387 g/mol. The molecular formula is C23H19FN2O4. The lowest BCUT2D eigenvalue weighted by Crippen LogP contribution is -2.11. The average Bonchev–Trinajstić information content (AvgIpc) is 2.71. The lowest BCUT2D eigenvalue weighted by atomic mass is 9.97. The number of carbonyl (C=O) groups is 1. The van der Waals surface area contributed by atoms with E-state index in [-0.39, 0.29) is 11.3 Å². The van der Waals surface area contributed by atoms with E-state index in [0.717, 1.165) is 28.3 Å². The van der Waals surface area contributed by atoms with Crippen molar-refractivity contribution >= 4 is 17.4 Å². The Hall–Kier alpha value is -3.87. The molecule has 6 nitrogen and oxygen atoms in total. The predicted molar refractivity (Wildman–Crippen MR) is 111 cm³/mol. The van der Waals surface area contributed by atoms with Crippen molar-refractivity contribution in [1.29, 1.82) is 0 Å². The van der Waals surface area contributed by atoms with Gasteiger partial charge in [-0.25, -0.2) is 9.18 Å². The molecule has 0 amide bonds. The zero-order valence-corrected chi connectivity index (χ0v) is 16.5. The van der Waals surface area contributed by atoms with Crippen LogP contribution in [0.3, 0.4) is 0 Å². The number of oxime groups is 1. The van der Waals surface area contributed by atoms with Crippen LogP contribution < -0.4 is 0 Å². The van der Waals surface area contributed by atoms with Gasteiger partial charge in [0.25, 0.3) is 5.69 Å². The molecule has 30 heavy (non-hydrogen) atoms. The van der Waals surface area contributed by atoms with Gasteiger partial charge in [-0.2, -0.15) is 0 Å². The van der Waals surface area contributed by atoms with Gasteiger partial charge in [0.05, 0.1) is 16.2 Å². The van der Waals surface area contributed by atoms with Gasteiger partial charge in [-0.15, -0.1) is 0 Å². The van der Waals surface area contributed by atoms with Gasteiger partial charge in [0.2, 0.25) is 0 Å². The molecule has 3 aromatic carbocycles. The van der Waals surface area contributed by atoms with Gasteiger partial charge in [0, 0.05) is 24.1 Å². The number of nitro groups is 1. The summed E-state index contributed by atoms with van der Waals surface area (Å²) in [6.07, 6.45) is 0.290. The molecule has 0 heterocycles. The van der Waals surface area contributed by atoms with Crippen molar-refractivity contribution in [3.05, 3.63) is 110 Å². The first kappa shape index (κ1) is 20.9. The molecule has 0 saturated carbocycles. The molecule has 0 radical (unpaired) electrons. The highest BCUT2D eigenvalue weighted by atomic mass is 19.1. The number of nitrogens with zero attached hydrogens (tertiary/aromatic N) is 2. The van der Waals surface area contributed by atoms with Crippen LogP contribution >= 0.6 is 0 Å². The molecule has 0 aromatic heterocycles. The highest BCUT2D eigenvalue weighted by Gasteiger charge is 2.14. The smallest absolute Gasteiger partial charge is 0.313 e. The van der Waals surface area contributed by atoms with E-state index in [9.17, 15) is 19.3 Å². The van der Waals surface area contributed by atoms with E-state index < -0.39 is 16.7 Å². The molecule has 0 aliphatic rings. The fraction of sp³-hybridized carbons (Fsp3) is 0.130. The summed E-state index contributed by atoms with van der Waals surface area (Å²) in [5, 5.41) is 14.9. The van der Waals surface area contributed by atoms with E-state index in [0.29, 0.717) is 12.1 Å². The summed E-state index contributed by atoms with van der Waals surface area (Å²) >= 11 is 0. The minimum absolute atomic E-state index is 0.0127. The Kier molecular flexibility index (Phi) is 6.32. The van der Waals surface area contributed by atoms with Crippen LogP contribution in [0.25, 0.3) is 0 Å². The number of non-ortho nitro benzene ring substituents is 1. The fourth-order valence-electron chi connectivity index (χ4n) is 3.01. The van der Waals surface area contributed by atoms with Gasteiger partial charge in [0.1, 0.15) is 5.82 Å². The number of nitro benzene ring substituents is 1. The molecule has 3 aromatic rings. The minimum atomic E-state index is -0.777. The van der Waals surface area contributed by atoms with E-state index >= 15 is 0 Å². The molecule has 0 saturated heterocycles. The maximum atomic E-state index is 13.4. The van der Waals surface area contributed by atoms with Crippen LogP contribution in [0.15, 0.2) is 71.9 Å². The van der Waals surface area contributed by atoms with Crippen LogP contribution in [0.4, 0.5) is 10.1 Å². The zero-order chi connectivity index (χ0) is 21.7. The molecule has 0 atom stereocenters. The van der Waals surface area contributed by atoms with Crippen molar-refractivity contribution in [3.63, 3.8) is 0 Å². The van der Waals surface area contributed by atoms with Gasteiger partial charge in [-0.1, -0.05) is 47.1 Å². The molecule has 152 valence electrons. The summed E-state index contributed by atoms with van der Waals surface area (Å²) < 4.78 is 13.4.